The van der Waals surface area contributed by atoms with Crippen molar-refractivity contribution in [2.75, 3.05) is 18.5 Å². The van der Waals surface area contributed by atoms with Gasteiger partial charge in [-0.15, -0.1) is 0 Å². The second-order valence-electron chi connectivity index (χ2n) is 3.50. The predicted molar refractivity (Wildman–Crippen MR) is 60.2 cm³/mol. The monoisotopic (exact) mass is 248 g/mol. The maximum atomic E-state index is 11.3. The molecule has 1 heterocycles. The summed E-state index contributed by atoms with van der Waals surface area (Å²) < 4.78 is 10.7. The molecule has 1 aromatic rings. The third kappa shape index (κ3) is 3.00. The maximum Gasteiger partial charge on any atom is 0.248 e. The van der Waals surface area contributed by atoms with Crippen molar-refractivity contribution in [3.8, 4) is 11.5 Å². The fourth-order valence-electron chi connectivity index (χ4n) is 1.45. The van der Waals surface area contributed by atoms with Gasteiger partial charge in [0.1, 0.15) is 13.2 Å². The Morgan fingerprint density at radius 2 is 1.89 bits per heavy atom. The molecule has 1 aromatic carbocycles. The van der Waals surface area contributed by atoms with Gasteiger partial charge in [-0.25, -0.2) is 0 Å². The molecule has 0 saturated carbocycles. The second-order valence-corrected chi connectivity index (χ2v) is 3.50. The van der Waals surface area contributed by atoms with Crippen LogP contribution in [-0.2, 0) is 9.59 Å². The lowest BCUT2D eigenvalue weighted by Crippen LogP contribution is -2.20. The second kappa shape index (κ2) is 5.22. The molecule has 0 atom stereocenters. The highest BCUT2D eigenvalue weighted by Crippen LogP contribution is 2.32. The van der Waals surface area contributed by atoms with E-state index in [0.29, 0.717) is 36.5 Å². The first kappa shape index (κ1) is 12.0. The summed E-state index contributed by atoms with van der Waals surface area (Å²) in [5.41, 5.74) is 0.493. The average molecular weight is 248 g/mol. The van der Waals surface area contributed by atoms with Crippen molar-refractivity contribution in [1.29, 1.82) is 0 Å². The number of carbonyl (C=O) groups excluding carboxylic acids is 2. The lowest BCUT2D eigenvalue weighted by atomic mass is 10.2. The molecule has 0 aromatic heterocycles. The highest BCUT2D eigenvalue weighted by molar-refractivity contribution is 6.02. The van der Waals surface area contributed by atoms with Gasteiger partial charge in [-0.1, -0.05) is 0 Å². The Kier molecular flexibility index (Phi) is 3.47. The molecule has 0 aliphatic carbocycles. The molecule has 2 rings (SSSR count). The van der Waals surface area contributed by atoms with Gasteiger partial charge in [0.15, 0.2) is 11.5 Å². The lowest BCUT2D eigenvalue weighted by molar-refractivity contribution is -0.297. The molecular weight excluding hydrogens is 238 g/mol. The number of aliphatic carboxylic acids is 1. The van der Waals surface area contributed by atoms with Crippen LogP contribution in [0, 0.1) is 0 Å². The van der Waals surface area contributed by atoms with Crippen molar-refractivity contribution in [2.24, 2.45) is 0 Å². The number of anilines is 1. The number of carboxylic acid groups (broad SMARTS) is 1. The van der Waals surface area contributed by atoms with Crippen LogP contribution in [0.3, 0.4) is 0 Å². The summed E-state index contributed by atoms with van der Waals surface area (Å²) in [5, 5.41) is 12.6. The summed E-state index contributed by atoms with van der Waals surface area (Å²) in [6, 6.07) is 4.92. The zero-order valence-corrected chi connectivity index (χ0v) is 9.34. The molecule has 0 fully saturated rings. The minimum Gasteiger partial charge on any atom is -0.545 e. The van der Waals surface area contributed by atoms with Crippen molar-refractivity contribution in [1.82, 2.24) is 0 Å². The van der Waals surface area contributed by atoms with Gasteiger partial charge < -0.3 is 24.7 Å². The van der Waals surface area contributed by atoms with Gasteiger partial charge in [-0.2, -0.15) is 0 Å². The Labute approximate surface area is 103 Å². The third-order valence-corrected chi connectivity index (χ3v) is 2.18. The van der Waals surface area contributed by atoms with E-state index >= 15 is 0 Å². The number of carbonyl (C=O) groups is 2. The molecule has 1 aliphatic rings. The zero-order chi connectivity index (χ0) is 13.0. The van der Waals surface area contributed by atoms with E-state index in [-0.39, 0.29) is 0 Å². The molecule has 0 bridgehead atoms. The molecule has 1 N–H and O–H groups in total. The van der Waals surface area contributed by atoms with Crippen LogP contribution in [0.1, 0.15) is 0 Å². The average Bonchev–Trinajstić information content (AvgIpc) is 2.36. The topological polar surface area (TPSA) is 87.7 Å². The Bertz CT molecular complexity index is 509. The van der Waals surface area contributed by atoms with E-state index < -0.39 is 11.9 Å². The van der Waals surface area contributed by atoms with Crippen molar-refractivity contribution in [3.63, 3.8) is 0 Å². The molecule has 94 valence electrons. The van der Waals surface area contributed by atoms with Gasteiger partial charge in [-0.3, -0.25) is 4.79 Å². The molecule has 1 amide bonds. The van der Waals surface area contributed by atoms with Crippen molar-refractivity contribution in [3.05, 3.63) is 30.4 Å². The highest BCUT2D eigenvalue weighted by Gasteiger charge is 2.11. The van der Waals surface area contributed by atoms with Crippen LogP contribution in [-0.4, -0.2) is 25.1 Å². The van der Waals surface area contributed by atoms with Gasteiger partial charge in [0, 0.05) is 17.8 Å². The van der Waals surface area contributed by atoms with Crippen molar-refractivity contribution >= 4 is 17.6 Å². The smallest absolute Gasteiger partial charge is 0.248 e. The van der Waals surface area contributed by atoms with Crippen LogP contribution in [0.25, 0.3) is 0 Å². The molecule has 0 unspecified atom stereocenters. The zero-order valence-electron chi connectivity index (χ0n) is 9.34. The molecule has 0 saturated heterocycles. The lowest BCUT2D eigenvalue weighted by Gasteiger charge is -2.18. The van der Waals surface area contributed by atoms with Gasteiger partial charge in [0.25, 0.3) is 0 Å². The summed E-state index contributed by atoms with van der Waals surface area (Å²) >= 11 is 0. The standard InChI is InChI=1S/C12H11NO5/c14-11(3-4-12(15)16)13-8-1-2-9-10(7-8)18-6-5-17-9/h1-4,7H,5-6H2,(H,13,14)(H,15,16)/p-1/b4-3-. The molecule has 0 radical (unpaired) electrons. The highest BCUT2D eigenvalue weighted by atomic mass is 16.6. The van der Waals surface area contributed by atoms with Crippen LogP contribution in [0.15, 0.2) is 30.4 Å². The van der Waals surface area contributed by atoms with Gasteiger partial charge >= 0.3 is 0 Å². The van der Waals surface area contributed by atoms with E-state index in [1.54, 1.807) is 18.2 Å². The minimum atomic E-state index is -1.42. The number of benzene rings is 1. The van der Waals surface area contributed by atoms with Crippen LogP contribution >= 0.6 is 0 Å². The van der Waals surface area contributed by atoms with Crippen molar-refractivity contribution < 1.29 is 24.2 Å². The Balaban J connectivity index is 2.06. The van der Waals surface area contributed by atoms with E-state index in [9.17, 15) is 14.7 Å². The number of ether oxygens (including phenoxy) is 2. The number of fused-ring (bicyclic) bond motifs is 1. The number of nitrogens with one attached hydrogen (secondary N) is 1. The summed E-state index contributed by atoms with van der Waals surface area (Å²) in [6.45, 7) is 0.946. The van der Waals surface area contributed by atoms with Gasteiger partial charge in [0.2, 0.25) is 5.91 Å². The maximum absolute atomic E-state index is 11.3. The van der Waals surface area contributed by atoms with Crippen LogP contribution < -0.4 is 19.9 Å². The predicted octanol–water partition coefficient (Wildman–Crippen LogP) is -0.298. The summed E-state index contributed by atoms with van der Waals surface area (Å²) in [7, 11) is 0. The summed E-state index contributed by atoms with van der Waals surface area (Å²) in [6.07, 6.45) is 1.54. The molecule has 0 spiro atoms. The summed E-state index contributed by atoms with van der Waals surface area (Å²) in [4.78, 5) is 21.5. The minimum absolute atomic E-state index is 0.453. The first-order valence-electron chi connectivity index (χ1n) is 5.25. The Hall–Kier alpha value is -2.50. The van der Waals surface area contributed by atoms with Crippen LogP contribution in [0.4, 0.5) is 5.69 Å². The molecule has 6 heteroatoms. The number of hydrogen-bond donors (Lipinski definition) is 1. The van der Waals surface area contributed by atoms with E-state index in [2.05, 4.69) is 5.32 Å². The molecule has 6 nitrogen and oxygen atoms in total. The summed E-state index contributed by atoms with van der Waals surface area (Å²) in [5.74, 6) is -0.823. The van der Waals surface area contributed by atoms with E-state index in [1.165, 1.54) is 0 Å². The Morgan fingerprint density at radius 1 is 1.17 bits per heavy atom. The number of amides is 1. The van der Waals surface area contributed by atoms with Crippen LogP contribution in [0.2, 0.25) is 0 Å². The van der Waals surface area contributed by atoms with E-state index in [4.69, 9.17) is 9.47 Å². The third-order valence-electron chi connectivity index (χ3n) is 2.18. The van der Waals surface area contributed by atoms with Gasteiger partial charge in [0.05, 0.1) is 5.97 Å². The van der Waals surface area contributed by atoms with Gasteiger partial charge in [-0.05, 0) is 18.2 Å². The fourth-order valence-corrected chi connectivity index (χ4v) is 1.45. The van der Waals surface area contributed by atoms with E-state index in [1.807, 2.05) is 0 Å². The number of rotatable bonds is 3. The molecule has 18 heavy (non-hydrogen) atoms. The first-order chi connectivity index (χ1) is 8.65. The van der Waals surface area contributed by atoms with E-state index in [0.717, 1.165) is 6.08 Å². The first-order valence-corrected chi connectivity index (χ1v) is 5.25. The largest absolute Gasteiger partial charge is 0.545 e. The number of carboxylic acids is 1. The molecular formula is C12H10NO5-. The Morgan fingerprint density at radius 3 is 2.61 bits per heavy atom. The SMILES string of the molecule is O=C([O-])/C=C\C(=O)Nc1ccc2c(c1)OCCO2. The normalized spacial score (nSPS) is 13.3. The quantitative estimate of drug-likeness (QED) is 0.742. The number of hydrogen-bond acceptors (Lipinski definition) is 5. The molecule has 1 aliphatic heterocycles. The van der Waals surface area contributed by atoms with Crippen LogP contribution in [0.5, 0.6) is 11.5 Å². The fraction of sp³-hybridized carbons (Fsp3) is 0.167. The van der Waals surface area contributed by atoms with Crippen molar-refractivity contribution in [2.45, 2.75) is 0 Å².